The Hall–Kier alpha value is -1.58. The highest BCUT2D eigenvalue weighted by Crippen LogP contribution is 2.31. The van der Waals surface area contributed by atoms with Gasteiger partial charge in [-0.2, -0.15) is 0 Å². The molecule has 0 amide bonds. The van der Waals surface area contributed by atoms with E-state index in [4.69, 9.17) is 21.1 Å². The van der Waals surface area contributed by atoms with Crippen LogP contribution in [0.25, 0.3) is 6.08 Å². The van der Waals surface area contributed by atoms with Gasteiger partial charge in [-0.05, 0) is 25.5 Å². The van der Waals surface area contributed by atoms with Crippen molar-refractivity contribution in [3.8, 4) is 0 Å². The smallest absolute Gasteiger partial charge is 0.309 e. The number of aryl methyl sites for hydroxylation is 1. The minimum absolute atomic E-state index is 0.139. The van der Waals surface area contributed by atoms with E-state index in [1.807, 2.05) is 25.3 Å². The summed E-state index contributed by atoms with van der Waals surface area (Å²) in [6.45, 7) is 10.7. The second-order valence-corrected chi connectivity index (χ2v) is 11.2. The van der Waals surface area contributed by atoms with Crippen molar-refractivity contribution in [2.75, 3.05) is 13.2 Å². The van der Waals surface area contributed by atoms with Crippen molar-refractivity contribution in [3.05, 3.63) is 32.8 Å². The van der Waals surface area contributed by atoms with Crippen LogP contribution in [0.4, 0.5) is 0 Å². The minimum Gasteiger partial charge on any atom is -0.457 e. The third-order valence-corrected chi connectivity index (χ3v) is 7.36. The highest BCUT2D eigenvalue weighted by atomic mass is 35.5. The molecule has 2 heterocycles. The highest BCUT2D eigenvalue weighted by Gasteiger charge is 2.42. The van der Waals surface area contributed by atoms with Gasteiger partial charge in [-0.25, -0.2) is 4.98 Å². The number of hydrogen-bond acceptors (Lipinski definition) is 8. The van der Waals surface area contributed by atoms with Crippen LogP contribution in [0, 0.1) is 24.2 Å². The molecule has 0 aliphatic carbocycles. The van der Waals surface area contributed by atoms with Gasteiger partial charge in [0.15, 0.2) is 0 Å². The van der Waals surface area contributed by atoms with Crippen molar-refractivity contribution in [1.82, 2.24) is 4.98 Å². The Morgan fingerprint density at radius 3 is 2.59 bits per heavy atom. The number of carbonyl (C=O) groups excluding carboxylic acids is 2. The van der Waals surface area contributed by atoms with E-state index in [9.17, 15) is 19.8 Å². The number of carbonyl (C=O) groups is 2. The van der Waals surface area contributed by atoms with E-state index in [2.05, 4.69) is 4.98 Å². The standard InChI is InChI=1S/C25H36ClNO6S/c1-14(9-19-13-34-17(4)27-19)20-8-7-18(26)12-32-11-15(2)23(30)16(3)24(31)25(5,6)21(28)10-22(29)33-20/h7,9,13,15-16,20-21,23,28,30H,8,10-12H2,1-6H3/b14-9+,18-7+/t15-,16+,20-,21-,23-/m0/s1. The van der Waals surface area contributed by atoms with Crippen molar-refractivity contribution in [2.24, 2.45) is 17.3 Å². The normalized spacial score (nSPS) is 32.1. The van der Waals surface area contributed by atoms with Gasteiger partial charge in [0.1, 0.15) is 11.9 Å². The Morgan fingerprint density at radius 2 is 1.97 bits per heavy atom. The second kappa shape index (κ2) is 12.4. The number of hydrogen-bond donors (Lipinski definition) is 2. The second-order valence-electron chi connectivity index (χ2n) is 9.62. The lowest BCUT2D eigenvalue weighted by atomic mass is 9.73. The fourth-order valence-corrected chi connectivity index (χ4v) is 4.59. The van der Waals surface area contributed by atoms with Gasteiger partial charge >= 0.3 is 5.97 Å². The number of nitrogens with zero attached hydrogens (tertiary/aromatic N) is 1. The molecule has 9 heteroatoms. The fourth-order valence-electron chi connectivity index (χ4n) is 3.85. The summed E-state index contributed by atoms with van der Waals surface area (Å²) < 4.78 is 11.4. The summed E-state index contributed by atoms with van der Waals surface area (Å²) in [6.07, 6.45) is 0.696. The van der Waals surface area contributed by atoms with E-state index in [0.29, 0.717) is 11.5 Å². The zero-order valence-electron chi connectivity index (χ0n) is 20.7. The van der Waals surface area contributed by atoms with Crippen LogP contribution < -0.4 is 0 Å². The van der Waals surface area contributed by atoms with E-state index in [1.54, 1.807) is 33.8 Å². The molecule has 0 radical (unpaired) electrons. The molecule has 1 aliphatic heterocycles. The molecular formula is C25H36ClNO6S. The molecule has 1 aliphatic rings. The average Bonchev–Trinajstić information content (AvgIpc) is 3.18. The van der Waals surface area contributed by atoms with E-state index in [0.717, 1.165) is 16.3 Å². The van der Waals surface area contributed by atoms with Crippen molar-refractivity contribution < 1.29 is 29.3 Å². The number of cyclic esters (lactones) is 1. The van der Waals surface area contributed by atoms with Crippen LogP contribution in [0.5, 0.6) is 0 Å². The zero-order chi connectivity index (χ0) is 25.6. The topological polar surface area (TPSA) is 106 Å². The number of aliphatic hydroxyl groups is 2. The molecule has 0 saturated carbocycles. The largest absolute Gasteiger partial charge is 0.457 e. The zero-order valence-corrected chi connectivity index (χ0v) is 22.3. The number of thiazole rings is 1. The van der Waals surface area contributed by atoms with Crippen LogP contribution in [0.1, 0.15) is 58.2 Å². The quantitative estimate of drug-likeness (QED) is 0.568. The van der Waals surface area contributed by atoms with Crippen molar-refractivity contribution in [2.45, 2.75) is 72.7 Å². The van der Waals surface area contributed by atoms with E-state index in [1.165, 1.54) is 11.3 Å². The van der Waals surface area contributed by atoms with Gasteiger partial charge in [0.2, 0.25) is 0 Å². The maximum atomic E-state index is 13.1. The summed E-state index contributed by atoms with van der Waals surface area (Å²) in [5.74, 6) is -2.04. The molecule has 0 fully saturated rings. The number of ketones is 1. The first-order valence-corrected chi connectivity index (χ1v) is 12.7. The summed E-state index contributed by atoms with van der Waals surface area (Å²) in [5.41, 5.74) is 0.296. The number of ether oxygens (including phenoxy) is 2. The predicted octanol–water partition coefficient (Wildman–Crippen LogP) is 4.29. The molecule has 1 aromatic rings. The average molecular weight is 514 g/mol. The molecule has 0 aromatic carbocycles. The number of aromatic nitrogens is 1. The lowest BCUT2D eigenvalue weighted by Crippen LogP contribution is -2.46. The molecule has 1 aromatic heterocycles. The summed E-state index contributed by atoms with van der Waals surface area (Å²) in [6, 6.07) is 0. The summed E-state index contributed by atoms with van der Waals surface area (Å²) >= 11 is 7.85. The van der Waals surface area contributed by atoms with E-state index < -0.39 is 35.6 Å². The lowest BCUT2D eigenvalue weighted by Gasteiger charge is -2.34. The van der Waals surface area contributed by atoms with Gasteiger partial charge in [-0.3, -0.25) is 9.59 Å². The van der Waals surface area contributed by atoms with Gasteiger partial charge in [0, 0.05) is 28.7 Å². The predicted molar refractivity (Wildman–Crippen MR) is 134 cm³/mol. The number of aliphatic hydroxyl groups excluding tert-OH is 2. The van der Waals surface area contributed by atoms with Crippen LogP contribution >= 0.6 is 22.9 Å². The maximum absolute atomic E-state index is 13.1. The SMILES string of the molecule is C/C(=C\c1csc(C)n1)[C@@H]1C/C=C(/Cl)COC[C@H](C)[C@H](O)[C@@H](C)C(=O)C(C)(C)[C@@H](O)CC(=O)O1. The Bertz CT molecular complexity index is 924. The molecule has 0 bridgehead atoms. The Morgan fingerprint density at radius 1 is 1.29 bits per heavy atom. The summed E-state index contributed by atoms with van der Waals surface area (Å²) in [4.78, 5) is 30.3. The van der Waals surface area contributed by atoms with Crippen molar-refractivity contribution in [1.29, 1.82) is 0 Å². The third kappa shape index (κ3) is 7.71. The molecule has 0 unspecified atom stereocenters. The first-order chi connectivity index (χ1) is 15.8. The van der Waals surface area contributed by atoms with Crippen LogP contribution in [-0.2, 0) is 19.1 Å². The molecule has 0 spiro atoms. The van der Waals surface area contributed by atoms with Crippen LogP contribution in [0.3, 0.4) is 0 Å². The minimum atomic E-state index is -1.27. The van der Waals surface area contributed by atoms with Crippen molar-refractivity contribution >= 4 is 40.8 Å². The molecule has 5 atom stereocenters. The summed E-state index contributed by atoms with van der Waals surface area (Å²) in [7, 11) is 0. The summed E-state index contributed by atoms with van der Waals surface area (Å²) in [5, 5.41) is 24.7. The Labute approximate surface area is 210 Å². The fraction of sp³-hybridized carbons (Fsp3) is 0.640. The van der Waals surface area contributed by atoms with Crippen LogP contribution in [0.2, 0.25) is 0 Å². The van der Waals surface area contributed by atoms with Gasteiger partial charge in [0.25, 0.3) is 0 Å². The number of Topliss-reactive ketones (excluding diaryl/α,β-unsaturated/α-hetero) is 1. The van der Waals surface area contributed by atoms with E-state index in [-0.39, 0.29) is 31.3 Å². The Balaban J connectivity index is 2.33. The molecule has 0 saturated heterocycles. The number of halogens is 1. The van der Waals surface area contributed by atoms with Crippen LogP contribution in [0.15, 0.2) is 22.1 Å². The molecule has 2 N–H and O–H groups in total. The number of rotatable bonds is 2. The maximum Gasteiger partial charge on any atom is 0.309 e. The first kappa shape index (κ1) is 28.7. The lowest BCUT2D eigenvalue weighted by molar-refractivity contribution is -0.154. The Kier molecular flexibility index (Phi) is 10.5. The van der Waals surface area contributed by atoms with Crippen LogP contribution in [-0.4, -0.2) is 58.5 Å². The molecule has 190 valence electrons. The first-order valence-electron chi connectivity index (χ1n) is 11.5. The molecule has 34 heavy (non-hydrogen) atoms. The van der Waals surface area contributed by atoms with Gasteiger partial charge in [-0.1, -0.05) is 45.4 Å². The van der Waals surface area contributed by atoms with Gasteiger partial charge in [0.05, 0.1) is 48.0 Å². The van der Waals surface area contributed by atoms with Crippen molar-refractivity contribution in [3.63, 3.8) is 0 Å². The number of esters is 1. The molecule has 7 nitrogen and oxygen atoms in total. The van der Waals surface area contributed by atoms with Gasteiger partial charge in [-0.15, -0.1) is 11.3 Å². The molecule has 2 rings (SSSR count). The van der Waals surface area contributed by atoms with Gasteiger partial charge < -0.3 is 19.7 Å². The van der Waals surface area contributed by atoms with E-state index >= 15 is 0 Å². The molecular weight excluding hydrogens is 478 g/mol. The monoisotopic (exact) mass is 513 g/mol. The third-order valence-electron chi connectivity index (χ3n) is 6.31. The highest BCUT2D eigenvalue weighted by molar-refractivity contribution is 7.09.